The van der Waals surface area contributed by atoms with E-state index in [0.29, 0.717) is 13.2 Å². The number of aromatic nitrogens is 1. The number of fused-ring (bicyclic) bond motifs is 1. The van der Waals surface area contributed by atoms with Crippen LogP contribution in [0.25, 0.3) is 0 Å². The normalized spacial score (nSPS) is 15.2. The van der Waals surface area contributed by atoms with Crippen LogP contribution in [0, 0.1) is 0 Å². The summed E-state index contributed by atoms with van der Waals surface area (Å²) < 4.78 is 11.1. The van der Waals surface area contributed by atoms with Crippen molar-refractivity contribution in [3.8, 4) is 11.5 Å². The molecular weight excluding hydrogens is 260 g/mol. The second kappa shape index (κ2) is 5.59. The highest BCUT2D eigenvalue weighted by Gasteiger charge is 2.12. The van der Waals surface area contributed by atoms with E-state index in [2.05, 4.69) is 23.3 Å². The number of hydrogen-bond acceptors (Lipinski definition) is 5. The van der Waals surface area contributed by atoms with E-state index in [9.17, 15) is 0 Å². The summed E-state index contributed by atoms with van der Waals surface area (Å²) in [5.74, 6) is 1.68. The van der Waals surface area contributed by atoms with Crippen molar-refractivity contribution in [1.29, 1.82) is 0 Å². The standard InChI is InChI=1S/C14H16N2O2S/c1-10(14-15-4-7-19-14)16-9-11-2-3-12-13(8-11)18-6-5-17-12/h2-4,7-8,10,16H,5-6,9H2,1H3. The van der Waals surface area contributed by atoms with Crippen LogP contribution in [-0.2, 0) is 6.54 Å². The van der Waals surface area contributed by atoms with E-state index >= 15 is 0 Å². The van der Waals surface area contributed by atoms with Gasteiger partial charge in [-0.05, 0) is 24.6 Å². The third kappa shape index (κ3) is 2.88. The number of hydrogen-bond donors (Lipinski definition) is 1. The molecule has 3 rings (SSSR count). The number of nitrogens with one attached hydrogen (secondary N) is 1. The summed E-state index contributed by atoms with van der Waals surface area (Å²) in [5, 5.41) is 6.57. The van der Waals surface area contributed by atoms with E-state index in [0.717, 1.165) is 23.1 Å². The molecule has 1 N–H and O–H groups in total. The first kappa shape index (κ1) is 12.4. The maximum Gasteiger partial charge on any atom is 0.161 e. The Hall–Kier alpha value is -1.59. The van der Waals surface area contributed by atoms with Gasteiger partial charge in [-0.3, -0.25) is 0 Å². The monoisotopic (exact) mass is 276 g/mol. The fourth-order valence-corrected chi connectivity index (χ4v) is 2.67. The molecular formula is C14H16N2O2S. The Morgan fingerprint density at radius 2 is 2.16 bits per heavy atom. The summed E-state index contributed by atoms with van der Waals surface area (Å²) in [5.41, 5.74) is 1.19. The smallest absolute Gasteiger partial charge is 0.161 e. The minimum Gasteiger partial charge on any atom is -0.486 e. The molecule has 0 bridgehead atoms. The van der Waals surface area contributed by atoms with Crippen LogP contribution in [0.1, 0.15) is 23.5 Å². The number of benzene rings is 1. The van der Waals surface area contributed by atoms with Crippen LogP contribution in [0.4, 0.5) is 0 Å². The van der Waals surface area contributed by atoms with Gasteiger partial charge in [0.1, 0.15) is 18.2 Å². The average Bonchev–Trinajstić information content (AvgIpc) is 2.99. The van der Waals surface area contributed by atoms with Crippen LogP contribution in [-0.4, -0.2) is 18.2 Å². The quantitative estimate of drug-likeness (QED) is 0.932. The van der Waals surface area contributed by atoms with Crippen LogP contribution in [0.5, 0.6) is 11.5 Å². The summed E-state index contributed by atoms with van der Waals surface area (Å²) in [6, 6.07) is 6.33. The lowest BCUT2D eigenvalue weighted by molar-refractivity contribution is 0.171. The van der Waals surface area contributed by atoms with Gasteiger partial charge in [0.2, 0.25) is 0 Å². The van der Waals surface area contributed by atoms with Crippen molar-refractivity contribution in [3.63, 3.8) is 0 Å². The number of rotatable bonds is 4. The number of nitrogens with zero attached hydrogens (tertiary/aromatic N) is 1. The third-order valence-electron chi connectivity index (χ3n) is 3.04. The zero-order chi connectivity index (χ0) is 13.1. The number of ether oxygens (including phenoxy) is 2. The van der Waals surface area contributed by atoms with Gasteiger partial charge in [-0.15, -0.1) is 11.3 Å². The summed E-state index contributed by atoms with van der Waals surface area (Å²) in [7, 11) is 0. The number of thiazole rings is 1. The van der Waals surface area contributed by atoms with E-state index in [1.54, 1.807) is 11.3 Å². The van der Waals surface area contributed by atoms with Crippen molar-refractivity contribution in [1.82, 2.24) is 10.3 Å². The van der Waals surface area contributed by atoms with Gasteiger partial charge in [0.15, 0.2) is 11.5 Å². The first-order valence-electron chi connectivity index (χ1n) is 6.34. The van der Waals surface area contributed by atoms with E-state index < -0.39 is 0 Å². The first-order chi connectivity index (χ1) is 9.33. The highest BCUT2D eigenvalue weighted by Crippen LogP contribution is 2.30. The van der Waals surface area contributed by atoms with Gasteiger partial charge in [0, 0.05) is 18.1 Å². The van der Waals surface area contributed by atoms with E-state index in [4.69, 9.17) is 9.47 Å². The predicted octanol–water partition coefficient (Wildman–Crippen LogP) is 2.77. The van der Waals surface area contributed by atoms with Crippen LogP contribution >= 0.6 is 11.3 Å². The molecule has 0 saturated carbocycles. The van der Waals surface area contributed by atoms with Crippen molar-refractivity contribution < 1.29 is 9.47 Å². The van der Waals surface area contributed by atoms with Crippen molar-refractivity contribution in [2.45, 2.75) is 19.5 Å². The third-order valence-corrected chi connectivity index (χ3v) is 4.00. The van der Waals surface area contributed by atoms with Gasteiger partial charge in [0.25, 0.3) is 0 Å². The maximum absolute atomic E-state index is 5.58. The molecule has 2 heterocycles. The molecule has 1 aromatic carbocycles. The minimum absolute atomic E-state index is 0.258. The van der Waals surface area contributed by atoms with E-state index in [1.165, 1.54) is 5.56 Å². The van der Waals surface area contributed by atoms with Crippen molar-refractivity contribution in [2.24, 2.45) is 0 Å². The molecule has 0 fully saturated rings. The van der Waals surface area contributed by atoms with Crippen molar-refractivity contribution in [2.75, 3.05) is 13.2 Å². The van der Waals surface area contributed by atoms with Crippen LogP contribution in [0.3, 0.4) is 0 Å². The molecule has 1 unspecified atom stereocenters. The molecule has 0 amide bonds. The fraction of sp³-hybridized carbons (Fsp3) is 0.357. The van der Waals surface area contributed by atoms with Gasteiger partial charge in [-0.25, -0.2) is 4.98 Å². The molecule has 100 valence electrons. The Kier molecular flexibility index (Phi) is 3.66. The Morgan fingerprint density at radius 3 is 2.95 bits per heavy atom. The lowest BCUT2D eigenvalue weighted by atomic mass is 10.2. The highest BCUT2D eigenvalue weighted by molar-refractivity contribution is 7.09. The summed E-state index contributed by atoms with van der Waals surface area (Å²) >= 11 is 1.67. The maximum atomic E-state index is 5.58. The Balaban J connectivity index is 1.64. The lowest BCUT2D eigenvalue weighted by Gasteiger charge is -2.19. The molecule has 5 heteroatoms. The molecule has 1 atom stereocenters. The summed E-state index contributed by atoms with van der Waals surface area (Å²) in [4.78, 5) is 4.31. The van der Waals surface area contributed by atoms with Gasteiger partial charge < -0.3 is 14.8 Å². The van der Waals surface area contributed by atoms with Crippen molar-refractivity contribution >= 4 is 11.3 Å². The van der Waals surface area contributed by atoms with Gasteiger partial charge >= 0.3 is 0 Å². The van der Waals surface area contributed by atoms with E-state index in [1.807, 2.05) is 23.7 Å². The van der Waals surface area contributed by atoms with Gasteiger partial charge in [-0.1, -0.05) is 6.07 Å². The molecule has 1 aliphatic rings. The molecule has 0 saturated heterocycles. The average molecular weight is 276 g/mol. The largest absolute Gasteiger partial charge is 0.486 e. The lowest BCUT2D eigenvalue weighted by Crippen LogP contribution is -2.19. The minimum atomic E-state index is 0.258. The van der Waals surface area contributed by atoms with E-state index in [-0.39, 0.29) is 6.04 Å². The van der Waals surface area contributed by atoms with Gasteiger partial charge in [-0.2, -0.15) is 0 Å². The molecule has 19 heavy (non-hydrogen) atoms. The molecule has 4 nitrogen and oxygen atoms in total. The predicted molar refractivity (Wildman–Crippen MR) is 74.8 cm³/mol. The molecule has 0 spiro atoms. The summed E-state index contributed by atoms with van der Waals surface area (Å²) in [6.45, 7) is 4.17. The second-order valence-corrected chi connectivity index (χ2v) is 5.38. The molecule has 0 radical (unpaired) electrons. The Labute approximate surface area is 116 Å². The van der Waals surface area contributed by atoms with Crippen LogP contribution in [0.15, 0.2) is 29.8 Å². The molecule has 0 aliphatic carbocycles. The molecule has 2 aromatic rings. The first-order valence-corrected chi connectivity index (χ1v) is 7.22. The SMILES string of the molecule is CC(NCc1ccc2c(c1)OCCO2)c1nccs1. The zero-order valence-electron chi connectivity index (χ0n) is 10.8. The molecule has 1 aromatic heterocycles. The fourth-order valence-electron chi connectivity index (χ4n) is 2.00. The topological polar surface area (TPSA) is 43.4 Å². The van der Waals surface area contributed by atoms with Gasteiger partial charge in [0.05, 0.1) is 6.04 Å². The van der Waals surface area contributed by atoms with Crippen LogP contribution < -0.4 is 14.8 Å². The Morgan fingerprint density at radius 1 is 1.32 bits per heavy atom. The molecule has 1 aliphatic heterocycles. The summed E-state index contributed by atoms with van der Waals surface area (Å²) in [6.07, 6.45) is 1.84. The van der Waals surface area contributed by atoms with Crippen LogP contribution in [0.2, 0.25) is 0 Å². The zero-order valence-corrected chi connectivity index (χ0v) is 11.6. The second-order valence-electron chi connectivity index (χ2n) is 4.45. The van der Waals surface area contributed by atoms with Crippen molar-refractivity contribution in [3.05, 3.63) is 40.3 Å². The Bertz CT molecular complexity index is 542. The highest BCUT2D eigenvalue weighted by atomic mass is 32.1.